The fraction of sp³-hybridized carbons (Fsp3) is 0.500. The molecule has 1 heterocycles. The van der Waals surface area contributed by atoms with Crippen molar-refractivity contribution in [3.05, 3.63) is 33.8 Å². The van der Waals surface area contributed by atoms with Gasteiger partial charge in [0, 0.05) is 12.2 Å². The van der Waals surface area contributed by atoms with Crippen LogP contribution in [0.1, 0.15) is 12.8 Å². The van der Waals surface area contributed by atoms with Gasteiger partial charge in [-0.2, -0.15) is 0 Å². The molecule has 13 heavy (non-hydrogen) atoms. The van der Waals surface area contributed by atoms with Gasteiger partial charge in [0.25, 0.3) is 5.70 Å². The molecule has 1 saturated carbocycles. The van der Waals surface area contributed by atoms with Crippen molar-refractivity contribution in [2.75, 3.05) is 6.54 Å². The van der Waals surface area contributed by atoms with Gasteiger partial charge in [0.1, 0.15) is 12.2 Å². The summed E-state index contributed by atoms with van der Waals surface area (Å²) in [6.07, 6.45) is 5.73. The van der Waals surface area contributed by atoms with Gasteiger partial charge in [0.2, 0.25) is 0 Å². The molecule has 0 atom stereocenters. The van der Waals surface area contributed by atoms with Crippen LogP contribution in [0.3, 0.4) is 0 Å². The van der Waals surface area contributed by atoms with E-state index >= 15 is 0 Å². The summed E-state index contributed by atoms with van der Waals surface area (Å²) < 4.78 is 0. The van der Waals surface area contributed by atoms with Crippen LogP contribution in [0.2, 0.25) is 0 Å². The molecule has 5 nitrogen and oxygen atoms in total. The first-order valence-corrected chi connectivity index (χ1v) is 4.25. The number of hydrogen-bond acceptors (Lipinski definition) is 4. The third kappa shape index (κ3) is 1.49. The number of nitrogens with two attached hydrogens (primary N) is 1. The molecule has 0 aromatic rings. The monoisotopic (exact) mass is 181 g/mol. The number of allylic oxidation sites excluding steroid dienone is 1. The smallest absolute Gasteiger partial charge is 0.287 e. The molecule has 1 fully saturated rings. The van der Waals surface area contributed by atoms with E-state index in [2.05, 4.69) is 0 Å². The molecule has 0 bridgehead atoms. The molecular weight excluding hydrogens is 170 g/mol. The highest BCUT2D eigenvalue weighted by Gasteiger charge is 2.32. The summed E-state index contributed by atoms with van der Waals surface area (Å²) in [5.41, 5.74) is 5.89. The van der Waals surface area contributed by atoms with E-state index in [1.54, 1.807) is 6.08 Å². The summed E-state index contributed by atoms with van der Waals surface area (Å²) >= 11 is 0. The summed E-state index contributed by atoms with van der Waals surface area (Å²) in [6.45, 7) is 0.347. The van der Waals surface area contributed by atoms with Crippen LogP contribution in [0.25, 0.3) is 0 Å². The van der Waals surface area contributed by atoms with Gasteiger partial charge >= 0.3 is 0 Å². The molecule has 1 aliphatic carbocycles. The maximum absolute atomic E-state index is 10.6. The van der Waals surface area contributed by atoms with Crippen LogP contribution >= 0.6 is 0 Å². The lowest BCUT2D eigenvalue weighted by atomic mass is 10.2. The second kappa shape index (κ2) is 2.76. The molecule has 0 aromatic heterocycles. The van der Waals surface area contributed by atoms with Crippen molar-refractivity contribution in [1.82, 2.24) is 4.90 Å². The standard InChI is InChI=1S/C8H11N3O2/c9-7-3-4-10(6-1-2-6)5-8(7)11(12)13/h3-4,6H,1-2,5,9H2. The van der Waals surface area contributed by atoms with Crippen LogP contribution < -0.4 is 5.73 Å². The first-order valence-electron chi connectivity index (χ1n) is 4.25. The quantitative estimate of drug-likeness (QED) is 0.495. The van der Waals surface area contributed by atoms with E-state index in [0.717, 1.165) is 12.8 Å². The molecule has 1 aliphatic heterocycles. The minimum atomic E-state index is -0.395. The van der Waals surface area contributed by atoms with Crippen LogP contribution in [0.15, 0.2) is 23.7 Å². The number of rotatable bonds is 2. The second-order valence-corrected chi connectivity index (χ2v) is 3.38. The van der Waals surface area contributed by atoms with Gasteiger partial charge in [-0.15, -0.1) is 0 Å². The maximum Gasteiger partial charge on any atom is 0.287 e. The van der Waals surface area contributed by atoms with Crippen LogP contribution in [0.4, 0.5) is 0 Å². The molecule has 0 radical (unpaired) electrons. The van der Waals surface area contributed by atoms with Gasteiger partial charge < -0.3 is 10.6 Å². The number of nitrogens with zero attached hydrogens (tertiary/aromatic N) is 2. The van der Waals surface area contributed by atoms with E-state index in [9.17, 15) is 10.1 Å². The topological polar surface area (TPSA) is 72.4 Å². The SMILES string of the molecule is NC1=C([N+](=O)[O-])CN(C2CC2)C=C1. The van der Waals surface area contributed by atoms with Crippen molar-refractivity contribution in [3.63, 3.8) is 0 Å². The third-order valence-electron chi connectivity index (χ3n) is 2.35. The predicted molar refractivity (Wildman–Crippen MR) is 47.1 cm³/mol. The van der Waals surface area contributed by atoms with Crippen molar-refractivity contribution in [1.29, 1.82) is 0 Å². The van der Waals surface area contributed by atoms with Gasteiger partial charge in [-0.1, -0.05) is 0 Å². The molecular formula is C8H11N3O2. The molecule has 0 aromatic carbocycles. The van der Waals surface area contributed by atoms with Crippen molar-refractivity contribution in [2.24, 2.45) is 5.73 Å². The highest BCUT2D eigenvalue weighted by atomic mass is 16.6. The molecule has 2 aliphatic rings. The summed E-state index contributed by atoms with van der Waals surface area (Å²) in [7, 11) is 0. The average molecular weight is 181 g/mol. The van der Waals surface area contributed by atoms with Crippen LogP contribution in [0, 0.1) is 10.1 Å². The van der Waals surface area contributed by atoms with Gasteiger partial charge in [-0.25, -0.2) is 0 Å². The Morgan fingerprint density at radius 1 is 1.62 bits per heavy atom. The first-order chi connectivity index (χ1) is 6.18. The normalized spacial score (nSPS) is 22.3. The fourth-order valence-electron chi connectivity index (χ4n) is 1.41. The summed E-state index contributed by atoms with van der Waals surface area (Å²) in [5.74, 6) is 0. The minimum Gasteiger partial charge on any atom is -0.393 e. The Hall–Kier alpha value is -1.52. The van der Waals surface area contributed by atoms with E-state index in [1.165, 1.54) is 0 Å². The lowest BCUT2D eigenvalue weighted by molar-refractivity contribution is -0.429. The van der Waals surface area contributed by atoms with Crippen molar-refractivity contribution in [3.8, 4) is 0 Å². The lowest BCUT2D eigenvalue weighted by Crippen LogP contribution is -2.30. The molecule has 70 valence electrons. The zero-order valence-corrected chi connectivity index (χ0v) is 7.14. The van der Waals surface area contributed by atoms with Gasteiger partial charge in [-0.05, 0) is 18.9 Å². The van der Waals surface area contributed by atoms with E-state index in [0.29, 0.717) is 12.6 Å². The Bertz CT molecular complexity index is 305. The predicted octanol–water partition coefficient (Wildman–Crippen LogP) is 0.425. The summed E-state index contributed by atoms with van der Waals surface area (Å²) in [4.78, 5) is 12.1. The second-order valence-electron chi connectivity index (χ2n) is 3.38. The molecule has 2 rings (SSSR count). The Labute approximate surface area is 75.7 Å². The average Bonchev–Trinajstić information content (AvgIpc) is 2.87. The third-order valence-corrected chi connectivity index (χ3v) is 2.35. The number of nitro groups is 1. The fourth-order valence-corrected chi connectivity index (χ4v) is 1.41. The van der Waals surface area contributed by atoms with Crippen molar-refractivity contribution in [2.45, 2.75) is 18.9 Å². The Kier molecular flexibility index (Phi) is 1.72. The molecule has 2 N–H and O–H groups in total. The van der Waals surface area contributed by atoms with E-state index < -0.39 is 4.92 Å². The van der Waals surface area contributed by atoms with Crippen LogP contribution in [-0.4, -0.2) is 22.4 Å². The lowest BCUT2D eigenvalue weighted by Gasteiger charge is -2.21. The van der Waals surface area contributed by atoms with E-state index in [1.807, 2.05) is 11.1 Å². The molecule has 5 heteroatoms. The Morgan fingerprint density at radius 2 is 2.31 bits per heavy atom. The zero-order chi connectivity index (χ0) is 9.42. The first kappa shape index (κ1) is 8.10. The zero-order valence-electron chi connectivity index (χ0n) is 7.14. The summed E-state index contributed by atoms with van der Waals surface area (Å²) in [5, 5.41) is 10.6. The van der Waals surface area contributed by atoms with Crippen molar-refractivity contribution < 1.29 is 4.92 Å². The Balaban J connectivity index is 2.15. The number of hydrogen-bond donors (Lipinski definition) is 1. The molecule has 0 amide bonds. The van der Waals surface area contributed by atoms with Gasteiger partial charge in [0.15, 0.2) is 0 Å². The molecule has 0 saturated heterocycles. The highest BCUT2D eigenvalue weighted by molar-refractivity contribution is 5.24. The van der Waals surface area contributed by atoms with Crippen molar-refractivity contribution >= 4 is 0 Å². The molecule has 0 spiro atoms. The maximum atomic E-state index is 10.6. The van der Waals surface area contributed by atoms with Gasteiger partial charge in [0.05, 0.1) is 4.92 Å². The summed E-state index contributed by atoms with van der Waals surface area (Å²) in [6, 6.07) is 0.499. The largest absolute Gasteiger partial charge is 0.393 e. The van der Waals surface area contributed by atoms with Crippen LogP contribution in [0.5, 0.6) is 0 Å². The minimum absolute atomic E-state index is 0.120. The Morgan fingerprint density at radius 3 is 2.85 bits per heavy atom. The molecule has 0 unspecified atom stereocenters. The van der Waals surface area contributed by atoms with E-state index in [4.69, 9.17) is 5.73 Å². The van der Waals surface area contributed by atoms with Crippen LogP contribution in [-0.2, 0) is 0 Å². The van der Waals surface area contributed by atoms with Gasteiger partial charge in [-0.3, -0.25) is 10.1 Å². The highest BCUT2D eigenvalue weighted by Crippen LogP contribution is 2.29. The van der Waals surface area contributed by atoms with E-state index in [-0.39, 0.29) is 11.4 Å².